The third-order valence-electron chi connectivity index (χ3n) is 10.5. The van der Waals surface area contributed by atoms with E-state index in [1.165, 1.54) is 26.2 Å². The summed E-state index contributed by atoms with van der Waals surface area (Å²) in [5.74, 6) is -8.13. The van der Waals surface area contributed by atoms with E-state index in [9.17, 15) is 44.1 Å². The van der Waals surface area contributed by atoms with Crippen molar-refractivity contribution in [3.63, 3.8) is 0 Å². The number of aliphatic hydroxyl groups excluding tert-OH is 2. The molecular weight excluding hydrogens is 801 g/mol. The van der Waals surface area contributed by atoms with Crippen molar-refractivity contribution in [2.45, 2.75) is 211 Å². The number of allylic oxidation sites excluding steroid dienone is 6. The molecule has 0 radical (unpaired) electrons. The molecule has 14 heteroatoms. The third-order valence-corrected chi connectivity index (χ3v) is 10.5. The number of aliphatic carboxylic acids is 3. The summed E-state index contributed by atoms with van der Waals surface area (Å²) in [6.45, 7) is 1.95. The maximum atomic E-state index is 13.5. The van der Waals surface area contributed by atoms with E-state index in [4.69, 9.17) is 24.4 Å². The Balaban J connectivity index is 5.12. The molecular formula is C48H80O14. The SMILES string of the molecule is CCCCC/C=C\C/C=C\CCCCCCC(CCCCCCCC/C=C\CCCCCCCC(=O)O)C(=O)OC(C)C(=O)OC(CC(=O)O)(CC(=O)OCC(O)CO)C(=O)O. The number of hydrogen-bond donors (Lipinski definition) is 5. The molecule has 0 aliphatic carbocycles. The monoisotopic (exact) mass is 881 g/mol. The molecule has 0 saturated carbocycles. The van der Waals surface area contributed by atoms with Crippen LogP contribution in [-0.4, -0.2) is 92.4 Å². The molecule has 0 aromatic rings. The van der Waals surface area contributed by atoms with Crippen LogP contribution in [0.1, 0.15) is 194 Å². The van der Waals surface area contributed by atoms with Gasteiger partial charge in [-0.1, -0.05) is 127 Å². The molecule has 0 aromatic heterocycles. The molecule has 0 heterocycles. The summed E-state index contributed by atoms with van der Waals surface area (Å²) in [7, 11) is 0. The van der Waals surface area contributed by atoms with Crippen molar-refractivity contribution in [1.29, 1.82) is 0 Å². The molecule has 4 unspecified atom stereocenters. The standard InChI is InChI=1S/C48H80O14/c1-3-4-5-6-7-8-9-10-14-17-20-23-26-29-32-40(33-30-27-24-21-18-15-12-11-13-16-19-22-25-28-31-34-42(51)52)46(57)61-39(2)45(56)62-48(47(58)59,35-43(53)54)36-44(55)60-38-41(50)37-49/h7-8,10-11,13-14,39-41,49-50H,3-6,9,12,15-38H2,1-2H3,(H,51,52)(H,53,54)(H,58,59)/b8-7-,13-11-,14-10-. The van der Waals surface area contributed by atoms with Gasteiger partial charge in [-0.05, 0) is 84.0 Å². The Hall–Kier alpha value is -4.04. The van der Waals surface area contributed by atoms with E-state index in [1.807, 2.05) is 0 Å². The lowest BCUT2D eigenvalue weighted by molar-refractivity contribution is -0.195. The van der Waals surface area contributed by atoms with E-state index in [0.29, 0.717) is 12.8 Å². The minimum Gasteiger partial charge on any atom is -0.481 e. The van der Waals surface area contributed by atoms with Crippen LogP contribution in [0.15, 0.2) is 36.5 Å². The van der Waals surface area contributed by atoms with E-state index in [2.05, 4.69) is 43.4 Å². The number of carbonyl (C=O) groups is 6. The first-order valence-corrected chi connectivity index (χ1v) is 23.3. The minimum atomic E-state index is -2.88. The summed E-state index contributed by atoms with van der Waals surface area (Å²) in [6, 6.07) is 0. The summed E-state index contributed by atoms with van der Waals surface area (Å²) in [5.41, 5.74) is -2.88. The molecule has 0 aliphatic rings. The van der Waals surface area contributed by atoms with Crippen LogP contribution in [0.5, 0.6) is 0 Å². The molecule has 62 heavy (non-hydrogen) atoms. The van der Waals surface area contributed by atoms with E-state index in [0.717, 1.165) is 128 Å². The van der Waals surface area contributed by atoms with Gasteiger partial charge in [-0.3, -0.25) is 19.2 Å². The van der Waals surface area contributed by atoms with Crippen LogP contribution in [0.25, 0.3) is 0 Å². The van der Waals surface area contributed by atoms with Crippen LogP contribution >= 0.6 is 0 Å². The minimum absolute atomic E-state index is 0.248. The van der Waals surface area contributed by atoms with Gasteiger partial charge in [0, 0.05) is 6.42 Å². The number of aliphatic hydroxyl groups is 2. The number of carbonyl (C=O) groups excluding carboxylic acids is 3. The second-order valence-corrected chi connectivity index (χ2v) is 16.3. The summed E-state index contributed by atoms with van der Waals surface area (Å²) in [6.07, 6.45) is 32.6. The fourth-order valence-corrected chi connectivity index (χ4v) is 6.76. The van der Waals surface area contributed by atoms with Crippen molar-refractivity contribution in [2.75, 3.05) is 13.2 Å². The highest BCUT2D eigenvalue weighted by atomic mass is 16.6. The zero-order valence-corrected chi connectivity index (χ0v) is 37.8. The van der Waals surface area contributed by atoms with Crippen LogP contribution in [0, 0.1) is 5.92 Å². The van der Waals surface area contributed by atoms with Gasteiger partial charge in [0.2, 0.25) is 5.60 Å². The number of rotatable bonds is 42. The zero-order chi connectivity index (χ0) is 46.3. The lowest BCUT2D eigenvalue weighted by Crippen LogP contribution is -2.49. The third kappa shape index (κ3) is 32.6. The molecule has 14 nitrogen and oxygen atoms in total. The lowest BCUT2D eigenvalue weighted by Gasteiger charge is -2.28. The van der Waals surface area contributed by atoms with Crippen LogP contribution in [0.4, 0.5) is 0 Å². The first-order valence-electron chi connectivity index (χ1n) is 23.3. The molecule has 0 aromatic carbocycles. The van der Waals surface area contributed by atoms with E-state index < -0.39 is 85.6 Å². The largest absolute Gasteiger partial charge is 0.481 e. The van der Waals surface area contributed by atoms with Crippen molar-refractivity contribution in [1.82, 2.24) is 0 Å². The number of esters is 3. The molecule has 0 aliphatic heterocycles. The normalized spacial score (nSPS) is 14.1. The fourth-order valence-electron chi connectivity index (χ4n) is 6.76. The van der Waals surface area contributed by atoms with Crippen LogP contribution < -0.4 is 0 Å². The Labute approximate surface area is 370 Å². The van der Waals surface area contributed by atoms with Gasteiger partial charge >= 0.3 is 35.8 Å². The Morgan fingerprint density at radius 2 is 1.05 bits per heavy atom. The quantitative estimate of drug-likeness (QED) is 0.0166. The van der Waals surface area contributed by atoms with Crippen molar-refractivity contribution < 1.29 is 68.5 Å². The number of carboxylic acids is 3. The van der Waals surface area contributed by atoms with Crippen LogP contribution in [0.3, 0.4) is 0 Å². The first-order chi connectivity index (χ1) is 29.8. The second kappa shape index (κ2) is 38.6. The summed E-state index contributed by atoms with van der Waals surface area (Å²) in [5, 5.41) is 46.4. The maximum absolute atomic E-state index is 13.5. The number of unbranched alkanes of at least 4 members (excludes halogenated alkanes) is 18. The predicted octanol–water partition coefficient (Wildman–Crippen LogP) is 9.58. The van der Waals surface area contributed by atoms with E-state index in [1.54, 1.807) is 0 Å². The maximum Gasteiger partial charge on any atom is 0.349 e. The van der Waals surface area contributed by atoms with Crippen LogP contribution in [0.2, 0.25) is 0 Å². The highest BCUT2D eigenvalue weighted by Crippen LogP contribution is 2.26. The molecule has 4 atom stereocenters. The van der Waals surface area contributed by atoms with E-state index >= 15 is 0 Å². The number of ether oxygens (including phenoxy) is 3. The Morgan fingerprint density at radius 1 is 0.581 bits per heavy atom. The zero-order valence-electron chi connectivity index (χ0n) is 37.8. The molecule has 0 fully saturated rings. The Kier molecular flexibility index (Phi) is 36.1. The van der Waals surface area contributed by atoms with Gasteiger partial charge in [0.25, 0.3) is 0 Å². The molecule has 0 spiro atoms. The molecule has 5 N–H and O–H groups in total. The van der Waals surface area contributed by atoms with Crippen molar-refractivity contribution in [3.05, 3.63) is 36.5 Å². The number of hydrogen-bond acceptors (Lipinski definition) is 11. The Bertz CT molecular complexity index is 1320. The summed E-state index contributed by atoms with van der Waals surface area (Å²) >= 11 is 0. The molecule has 0 rings (SSSR count). The summed E-state index contributed by atoms with van der Waals surface area (Å²) in [4.78, 5) is 73.4. The predicted molar refractivity (Wildman–Crippen MR) is 237 cm³/mol. The molecule has 0 saturated heterocycles. The van der Waals surface area contributed by atoms with Gasteiger partial charge in [-0.2, -0.15) is 0 Å². The summed E-state index contributed by atoms with van der Waals surface area (Å²) < 4.78 is 15.3. The van der Waals surface area contributed by atoms with Gasteiger partial charge < -0.3 is 39.7 Å². The highest BCUT2D eigenvalue weighted by Gasteiger charge is 2.48. The number of carboxylic acid groups (broad SMARTS) is 3. The van der Waals surface area contributed by atoms with Crippen molar-refractivity contribution in [2.24, 2.45) is 5.92 Å². The lowest BCUT2D eigenvalue weighted by atomic mass is 9.94. The molecule has 0 bridgehead atoms. The van der Waals surface area contributed by atoms with Gasteiger partial charge in [0.05, 0.1) is 25.4 Å². The van der Waals surface area contributed by atoms with Crippen molar-refractivity contribution in [3.8, 4) is 0 Å². The molecule has 356 valence electrons. The topological polar surface area (TPSA) is 231 Å². The fraction of sp³-hybridized carbons (Fsp3) is 0.750. The second-order valence-electron chi connectivity index (χ2n) is 16.3. The van der Waals surface area contributed by atoms with Gasteiger partial charge in [0.15, 0.2) is 6.10 Å². The highest BCUT2D eigenvalue weighted by molar-refractivity contribution is 5.92. The van der Waals surface area contributed by atoms with E-state index in [-0.39, 0.29) is 6.42 Å². The Morgan fingerprint density at radius 3 is 1.52 bits per heavy atom. The average Bonchev–Trinajstić information content (AvgIpc) is 3.22. The average molecular weight is 881 g/mol. The smallest absolute Gasteiger partial charge is 0.349 e. The molecule has 0 amide bonds. The van der Waals surface area contributed by atoms with Gasteiger partial charge in [-0.15, -0.1) is 0 Å². The van der Waals surface area contributed by atoms with Crippen molar-refractivity contribution >= 4 is 35.8 Å². The van der Waals surface area contributed by atoms with Gasteiger partial charge in [-0.25, -0.2) is 9.59 Å². The van der Waals surface area contributed by atoms with Crippen LogP contribution in [-0.2, 0) is 43.0 Å². The van der Waals surface area contributed by atoms with Gasteiger partial charge in [0.1, 0.15) is 12.7 Å². The first kappa shape index (κ1) is 58.0.